The standard InChI is InChI=1S/C25H19ClN4O3/c26-20-13-11-18(12-14-20)22-29-28-21(33-22)16-30-23(31)25(27-24(30)32,19-9-5-2-6-10-19)15-17-7-3-1-4-8-17/h1-14H,15-16H2,(H,27,32)/t25-/m1/s1. The van der Waals surface area contributed by atoms with E-state index in [1.165, 1.54) is 0 Å². The number of nitrogens with one attached hydrogen (secondary N) is 1. The number of carbonyl (C=O) groups is 2. The minimum Gasteiger partial charge on any atom is -0.419 e. The lowest BCUT2D eigenvalue weighted by Crippen LogP contribution is -2.46. The molecule has 3 amide bonds. The van der Waals surface area contributed by atoms with E-state index < -0.39 is 11.6 Å². The van der Waals surface area contributed by atoms with Gasteiger partial charge < -0.3 is 9.73 Å². The number of urea groups is 1. The minimum absolute atomic E-state index is 0.130. The topological polar surface area (TPSA) is 88.3 Å². The molecule has 8 heteroatoms. The van der Waals surface area contributed by atoms with Crippen LogP contribution in [0.5, 0.6) is 0 Å². The number of benzene rings is 3. The van der Waals surface area contributed by atoms with Crippen LogP contribution in [0.2, 0.25) is 5.02 Å². The number of rotatable bonds is 6. The Morgan fingerprint density at radius 2 is 1.55 bits per heavy atom. The minimum atomic E-state index is -1.22. The van der Waals surface area contributed by atoms with E-state index in [0.717, 1.165) is 10.5 Å². The van der Waals surface area contributed by atoms with Gasteiger partial charge in [-0.25, -0.2) is 4.79 Å². The summed E-state index contributed by atoms with van der Waals surface area (Å²) in [5.41, 5.74) is 1.11. The Hall–Kier alpha value is -3.97. The van der Waals surface area contributed by atoms with E-state index >= 15 is 0 Å². The second-order valence-corrected chi connectivity index (χ2v) is 8.20. The van der Waals surface area contributed by atoms with Gasteiger partial charge in [0.2, 0.25) is 11.8 Å². The molecule has 1 N–H and O–H groups in total. The van der Waals surface area contributed by atoms with E-state index in [2.05, 4.69) is 15.5 Å². The van der Waals surface area contributed by atoms with Gasteiger partial charge in [-0.15, -0.1) is 10.2 Å². The number of aromatic nitrogens is 2. The first-order valence-electron chi connectivity index (χ1n) is 10.4. The quantitative estimate of drug-likeness (QED) is 0.427. The fourth-order valence-electron chi connectivity index (χ4n) is 3.97. The van der Waals surface area contributed by atoms with Gasteiger partial charge in [-0.2, -0.15) is 0 Å². The first-order valence-corrected chi connectivity index (χ1v) is 10.7. The number of carbonyl (C=O) groups excluding carboxylic acids is 2. The molecular weight excluding hydrogens is 440 g/mol. The van der Waals surface area contributed by atoms with Crippen molar-refractivity contribution in [2.45, 2.75) is 18.5 Å². The molecule has 5 rings (SSSR count). The first-order chi connectivity index (χ1) is 16.0. The van der Waals surface area contributed by atoms with Crippen LogP contribution in [0.3, 0.4) is 0 Å². The van der Waals surface area contributed by atoms with Crippen molar-refractivity contribution in [3.05, 3.63) is 107 Å². The highest BCUT2D eigenvalue weighted by atomic mass is 35.5. The van der Waals surface area contributed by atoms with Crippen LogP contribution in [0.15, 0.2) is 89.3 Å². The molecule has 0 aliphatic carbocycles. The van der Waals surface area contributed by atoms with Crippen molar-refractivity contribution in [3.8, 4) is 11.5 Å². The summed E-state index contributed by atoms with van der Waals surface area (Å²) in [7, 11) is 0. The smallest absolute Gasteiger partial charge is 0.325 e. The molecule has 0 spiro atoms. The molecule has 7 nitrogen and oxygen atoms in total. The zero-order valence-corrected chi connectivity index (χ0v) is 18.2. The molecule has 4 aromatic rings. The Bertz CT molecular complexity index is 1290. The van der Waals surface area contributed by atoms with Crippen molar-refractivity contribution in [3.63, 3.8) is 0 Å². The fourth-order valence-corrected chi connectivity index (χ4v) is 4.10. The van der Waals surface area contributed by atoms with E-state index in [0.29, 0.717) is 22.6 Å². The molecule has 1 aliphatic rings. The molecule has 1 aromatic heterocycles. The molecule has 1 atom stereocenters. The summed E-state index contributed by atoms with van der Waals surface area (Å²) in [4.78, 5) is 27.8. The Balaban J connectivity index is 1.44. The summed E-state index contributed by atoms with van der Waals surface area (Å²) in [6.45, 7) is -0.130. The first kappa shape index (κ1) is 20.9. The predicted octanol–water partition coefficient (Wildman–Crippen LogP) is 4.58. The van der Waals surface area contributed by atoms with Gasteiger partial charge in [0.25, 0.3) is 5.91 Å². The van der Waals surface area contributed by atoms with E-state index in [1.54, 1.807) is 24.3 Å². The third-order valence-corrected chi connectivity index (χ3v) is 5.86. The van der Waals surface area contributed by atoms with Gasteiger partial charge in [0, 0.05) is 17.0 Å². The lowest BCUT2D eigenvalue weighted by Gasteiger charge is -2.27. The third-order valence-electron chi connectivity index (χ3n) is 5.61. The van der Waals surface area contributed by atoms with Crippen molar-refractivity contribution in [2.24, 2.45) is 0 Å². The van der Waals surface area contributed by atoms with Crippen molar-refractivity contribution in [1.82, 2.24) is 20.4 Å². The Morgan fingerprint density at radius 1 is 0.879 bits per heavy atom. The highest BCUT2D eigenvalue weighted by Gasteiger charge is 2.52. The maximum atomic E-state index is 13.7. The molecule has 1 saturated heterocycles. The van der Waals surface area contributed by atoms with Crippen LogP contribution in [-0.2, 0) is 23.3 Å². The van der Waals surface area contributed by atoms with E-state index in [9.17, 15) is 9.59 Å². The summed E-state index contributed by atoms with van der Waals surface area (Å²) < 4.78 is 5.72. The molecule has 0 bridgehead atoms. The Labute approximate surface area is 195 Å². The maximum Gasteiger partial charge on any atom is 0.325 e. The number of amides is 3. The lowest BCUT2D eigenvalue weighted by atomic mass is 9.83. The number of nitrogens with zero attached hydrogens (tertiary/aromatic N) is 3. The summed E-state index contributed by atoms with van der Waals surface area (Å²) in [6, 6.07) is 25.3. The van der Waals surface area contributed by atoms with Crippen LogP contribution in [0.25, 0.3) is 11.5 Å². The molecule has 0 radical (unpaired) electrons. The van der Waals surface area contributed by atoms with Crippen molar-refractivity contribution < 1.29 is 14.0 Å². The zero-order valence-electron chi connectivity index (χ0n) is 17.4. The largest absolute Gasteiger partial charge is 0.419 e. The molecule has 33 heavy (non-hydrogen) atoms. The second kappa shape index (κ2) is 8.52. The Morgan fingerprint density at radius 3 is 2.24 bits per heavy atom. The summed E-state index contributed by atoms with van der Waals surface area (Å²) in [6.07, 6.45) is 0.318. The normalized spacial score (nSPS) is 17.9. The van der Waals surface area contributed by atoms with Gasteiger partial charge in [0.05, 0.1) is 0 Å². The SMILES string of the molecule is O=C1N[C@](Cc2ccccc2)(c2ccccc2)C(=O)N1Cc1nnc(-c2ccc(Cl)cc2)o1. The van der Waals surface area contributed by atoms with E-state index in [4.69, 9.17) is 16.0 Å². The number of imide groups is 1. The zero-order chi connectivity index (χ0) is 22.8. The van der Waals surface area contributed by atoms with E-state index in [-0.39, 0.29) is 24.2 Å². The summed E-state index contributed by atoms with van der Waals surface area (Å²) >= 11 is 5.93. The van der Waals surface area contributed by atoms with Crippen LogP contribution in [0.4, 0.5) is 4.79 Å². The molecule has 0 saturated carbocycles. The fraction of sp³-hybridized carbons (Fsp3) is 0.120. The molecule has 0 unspecified atom stereocenters. The number of halogens is 1. The van der Waals surface area contributed by atoms with Gasteiger partial charge in [-0.3, -0.25) is 9.69 Å². The number of hydrogen-bond donors (Lipinski definition) is 1. The van der Waals surface area contributed by atoms with Gasteiger partial charge in [0.15, 0.2) is 5.54 Å². The van der Waals surface area contributed by atoms with Crippen LogP contribution >= 0.6 is 11.6 Å². The lowest BCUT2D eigenvalue weighted by molar-refractivity contribution is -0.132. The monoisotopic (exact) mass is 458 g/mol. The molecule has 164 valence electrons. The highest BCUT2D eigenvalue weighted by Crippen LogP contribution is 2.34. The van der Waals surface area contributed by atoms with Gasteiger partial charge in [-0.1, -0.05) is 72.3 Å². The maximum absolute atomic E-state index is 13.7. The Kier molecular flexibility index (Phi) is 5.40. The average Bonchev–Trinajstić information content (AvgIpc) is 3.40. The van der Waals surface area contributed by atoms with Crippen LogP contribution in [0, 0.1) is 0 Å². The molecule has 1 aliphatic heterocycles. The van der Waals surface area contributed by atoms with Crippen molar-refractivity contribution in [1.29, 1.82) is 0 Å². The van der Waals surface area contributed by atoms with Gasteiger partial charge in [-0.05, 0) is 35.4 Å². The average molecular weight is 459 g/mol. The van der Waals surface area contributed by atoms with Crippen molar-refractivity contribution >= 4 is 23.5 Å². The van der Waals surface area contributed by atoms with Crippen LogP contribution < -0.4 is 5.32 Å². The summed E-state index contributed by atoms with van der Waals surface area (Å²) in [5, 5.41) is 11.6. The van der Waals surface area contributed by atoms with Gasteiger partial charge in [0.1, 0.15) is 6.54 Å². The second-order valence-electron chi connectivity index (χ2n) is 7.76. The summed E-state index contributed by atoms with van der Waals surface area (Å²) in [5.74, 6) is 0.0770. The predicted molar refractivity (Wildman–Crippen MR) is 122 cm³/mol. The van der Waals surface area contributed by atoms with Crippen molar-refractivity contribution in [2.75, 3.05) is 0 Å². The van der Waals surface area contributed by atoms with Gasteiger partial charge >= 0.3 is 6.03 Å². The molecule has 1 fully saturated rings. The molecule has 2 heterocycles. The van der Waals surface area contributed by atoms with Crippen LogP contribution in [0.1, 0.15) is 17.0 Å². The highest BCUT2D eigenvalue weighted by molar-refractivity contribution is 6.30. The van der Waals surface area contributed by atoms with E-state index in [1.807, 2.05) is 60.7 Å². The molecular formula is C25H19ClN4O3. The van der Waals surface area contributed by atoms with Crippen LogP contribution in [-0.4, -0.2) is 27.0 Å². The number of hydrogen-bond acceptors (Lipinski definition) is 5. The molecule has 3 aromatic carbocycles. The third kappa shape index (κ3) is 3.99.